The van der Waals surface area contributed by atoms with Crippen LogP contribution in [0.1, 0.15) is 17.2 Å². The van der Waals surface area contributed by atoms with Crippen LogP contribution in [-0.4, -0.2) is 18.5 Å². The molecule has 1 aliphatic rings. The van der Waals surface area contributed by atoms with Crippen LogP contribution < -0.4 is 19.9 Å². The fourth-order valence-corrected chi connectivity index (χ4v) is 2.20. The summed E-state index contributed by atoms with van der Waals surface area (Å²) in [5, 5.41) is 10.1. The minimum absolute atomic E-state index is 0.149. The molecule has 0 bridgehead atoms. The zero-order valence-corrected chi connectivity index (χ0v) is 11.5. The van der Waals surface area contributed by atoms with Crippen molar-refractivity contribution in [2.45, 2.75) is 12.6 Å². The van der Waals surface area contributed by atoms with Gasteiger partial charge < -0.3 is 25.1 Å². The van der Waals surface area contributed by atoms with Gasteiger partial charge in [-0.15, -0.1) is 0 Å². The smallest absolute Gasteiger partial charge is 0.231 e. The number of aliphatic hydroxyl groups is 1. The van der Waals surface area contributed by atoms with E-state index in [1.54, 1.807) is 6.07 Å². The van der Waals surface area contributed by atoms with Gasteiger partial charge in [-0.2, -0.15) is 0 Å². The molecule has 1 atom stereocenters. The molecule has 5 nitrogen and oxygen atoms in total. The Bertz CT molecular complexity index is 615. The quantitative estimate of drug-likeness (QED) is 0.879. The Morgan fingerprint density at radius 3 is 2.57 bits per heavy atom. The summed E-state index contributed by atoms with van der Waals surface area (Å²) in [5.74, 6) is 1.92. The van der Waals surface area contributed by atoms with Crippen LogP contribution in [0.2, 0.25) is 0 Å². The lowest BCUT2D eigenvalue weighted by Crippen LogP contribution is -2.11. The van der Waals surface area contributed by atoms with Gasteiger partial charge in [0.1, 0.15) is 18.5 Å². The highest BCUT2D eigenvalue weighted by molar-refractivity contribution is 5.51. The molecule has 3 rings (SSSR count). The summed E-state index contributed by atoms with van der Waals surface area (Å²) in [7, 11) is 0. The molecule has 2 aromatic carbocycles. The predicted molar refractivity (Wildman–Crippen MR) is 77.4 cm³/mol. The molecule has 3 N–H and O–H groups in total. The highest BCUT2D eigenvalue weighted by atomic mass is 16.7. The van der Waals surface area contributed by atoms with Crippen LogP contribution in [0.4, 0.5) is 0 Å². The lowest BCUT2D eigenvalue weighted by Gasteiger charge is -2.15. The van der Waals surface area contributed by atoms with Crippen molar-refractivity contribution in [1.29, 1.82) is 0 Å². The maximum atomic E-state index is 10.1. The van der Waals surface area contributed by atoms with Gasteiger partial charge in [0, 0.05) is 18.2 Å². The molecule has 2 aromatic rings. The highest BCUT2D eigenvalue weighted by Crippen LogP contribution is 2.38. The molecule has 5 heteroatoms. The zero-order chi connectivity index (χ0) is 14.7. The van der Waals surface area contributed by atoms with Gasteiger partial charge in [-0.05, 0) is 11.6 Å². The summed E-state index contributed by atoms with van der Waals surface area (Å²) in [6.07, 6.45) is -0.692. The van der Waals surface area contributed by atoms with Crippen molar-refractivity contribution in [3.05, 3.63) is 53.6 Å². The van der Waals surface area contributed by atoms with Gasteiger partial charge in [-0.1, -0.05) is 30.3 Å². The second-order valence-electron chi connectivity index (χ2n) is 4.75. The Kier molecular flexibility index (Phi) is 3.94. The molecule has 0 spiro atoms. The molecular formula is C16H17NO4. The largest absolute Gasteiger partial charge is 0.490 e. The molecule has 21 heavy (non-hydrogen) atoms. The summed E-state index contributed by atoms with van der Waals surface area (Å²) >= 11 is 0. The molecule has 0 aliphatic carbocycles. The monoisotopic (exact) mass is 287 g/mol. The first kappa shape index (κ1) is 13.7. The third kappa shape index (κ3) is 2.94. The van der Waals surface area contributed by atoms with Crippen LogP contribution >= 0.6 is 0 Å². The van der Waals surface area contributed by atoms with E-state index in [9.17, 15) is 5.11 Å². The second-order valence-corrected chi connectivity index (χ2v) is 4.75. The third-order valence-corrected chi connectivity index (χ3v) is 3.36. The first-order chi connectivity index (χ1) is 10.3. The van der Waals surface area contributed by atoms with Crippen molar-refractivity contribution in [2.75, 3.05) is 13.4 Å². The van der Waals surface area contributed by atoms with E-state index in [0.29, 0.717) is 23.8 Å². The van der Waals surface area contributed by atoms with Crippen LogP contribution in [-0.2, 0) is 6.54 Å². The Morgan fingerprint density at radius 2 is 1.86 bits per heavy atom. The van der Waals surface area contributed by atoms with Crippen LogP contribution in [0, 0.1) is 0 Å². The lowest BCUT2D eigenvalue weighted by molar-refractivity contribution is 0.107. The van der Waals surface area contributed by atoms with E-state index in [4.69, 9.17) is 19.9 Å². The van der Waals surface area contributed by atoms with Crippen molar-refractivity contribution in [3.63, 3.8) is 0 Å². The summed E-state index contributed by atoms with van der Waals surface area (Å²) in [6, 6.07) is 12.9. The molecule has 1 aliphatic heterocycles. The number of aliphatic hydroxyl groups excluding tert-OH is 1. The first-order valence-electron chi connectivity index (χ1n) is 6.76. The van der Waals surface area contributed by atoms with Crippen molar-refractivity contribution < 1.29 is 19.3 Å². The number of hydrogen-bond donors (Lipinski definition) is 2. The minimum Gasteiger partial charge on any atom is -0.490 e. The van der Waals surface area contributed by atoms with Crippen LogP contribution in [0.15, 0.2) is 42.5 Å². The highest BCUT2D eigenvalue weighted by Gasteiger charge is 2.18. The van der Waals surface area contributed by atoms with E-state index < -0.39 is 6.10 Å². The fourth-order valence-electron chi connectivity index (χ4n) is 2.20. The van der Waals surface area contributed by atoms with Crippen LogP contribution in [0.25, 0.3) is 0 Å². The fraction of sp³-hybridized carbons (Fsp3) is 0.250. The van der Waals surface area contributed by atoms with Gasteiger partial charge in [0.05, 0.1) is 0 Å². The molecule has 0 aromatic heterocycles. The standard InChI is InChI=1S/C16H17NO4/c17-8-12-6-15-16(21-10-20-15)7-14(12)19-9-13(18)11-4-2-1-3-5-11/h1-7,13,18H,8-10,17H2. The van der Waals surface area contributed by atoms with Gasteiger partial charge in [-0.25, -0.2) is 0 Å². The number of benzene rings is 2. The van der Waals surface area contributed by atoms with Crippen molar-refractivity contribution in [1.82, 2.24) is 0 Å². The molecule has 0 fully saturated rings. The lowest BCUT2D eigenvalue weighted by atomic mass is 10.1. The van der Waals surface area contributed by atoms with Crippen molar-refractivity contribution >= 4 is 0 Å². The minimum atomic E-state index is -0.692. The van der Waals surface area contributed by atoms with Crippen molar-refractivity contribution in [2.24, 2.45) is 5.73 Å². The average Bonchev–Trinajstić information content (AvgIpc) is 2.99. The number of rotatable bonds is 5. The molecule has 0 saturated carbocycles. The van der Waals surface area contributed by atoms with E-state index >= 15 is 0 Å². The Hall–Kier alpha value is -2.24. The normalized spacial score (nSPS) is 14.0. The molecular weight excluding hydrogens is 270 g/mol. The molecule has 0 radical (unpaired) electrons. The zero-order valence-electron chi connectivity index (χ0n) is 11.5. The number of ether oxygens (including phenoxy) is 3. The van der Waals surface area contributed by atoms with E-state index in [-0.39, 0.29) is 13.4 Å². The third-order valence-electron chi connectivity index (χ3n) is 3.36. The molecule has 1 unspecified atom stereocenters. The van der Waals surface area contributed by atoms with Gasteiger partial charge >= 0.3 is 0 Å². The van der Waals surface area contributed by atoms with Gasteiger partial charge in [0.2, 0.25) is 6.79 Å². The molecule has 0 saturated heterocycles. The van der Waals surface area contributed by atoms with Gasteiger partial charge in [-0.3, -0.25) is 0 Å². The summed E-state index contributed by atoms with van der Waals surface area (Å²) in [6.45, 7) is 0.680. The van der Waals surface area contributed by atoms with E-state index in [1.165, 1.54) is 0 Å². The number of fused-ring (bicyclic) bond motifs is 1. The van der Waals surface area contributed by atoms with E-state index in [0.717, 1.165) is 11.1 Å². The van der Waals surface area contributed by atoms with Crippen LogP contribution in [0.5, 0.6) is 17.2 Å². The molecule has 0 amide bonds. The van der Waals surface area contributed by atoms with E-state index in [2.05, 4.69) is 0 Å². The van der Waals surface area contributed by atoms with Crippen LogP contribution in [0.3, 0.4) is 0 Å². The topological polar surface area (TPSA) is 73.9 Å². The summed E-state index contributed by atoms with van der Waals surface area (Å²) in [5.41, 5.74) is 7.35. The Labute approximate surface area is 122 Å². The first-order valence-corrected chi connectivity index (χ1v) is 6.76. The van der Waals surface area contributed by atoms with Crippen molar-refractivity contribution in [3.8, 4) is 17.2 Å². The predicted octanol–water partition coefficient (Wildman–Crippen LogP) is 1.99. The Balaban J connectivity index is 1.73. The SMILES string of the molecule is NCc1cc2c(cc1OCC(O)c1ccccc1)OCO2. The summed E-state index contributed by atoms with van der Waals surface area (Å²) < 4.78 is 16.3. The number of nitrogens with two attached hydrogens (primary N) is 1. The molecule has 1 heterocycles. The maximum Gasteiger partial charge on any atom is 0.231 e. The summed E-state index contributed by atoms with van der Waals surface area (Å²) in [4.78, 5) is 0. The average molecular weight is 287 g/mol. The van der Waals surface area contributed by atoms with Gasteiger partial charge in [0.25, 0.3) is 0 Å². The Morgan fingerprint density at radius 1 is 1.14 bits per heavy atom. The molecule has 110 valence electrons. The number of hydrogen-bond acceptors (Lipinski definition) is 5. The van der Waals surface area contributed by atoms with Gasteiger partial charge in [0.15, 0.2) is 11.5 Å². The second kappa shape index (κ2) is 6.03. The maximum absolute atomic E-state index is 10.1. The van der Waals surface area contributed by atoms with E-state index in [1.807, 2.05) is 36.4 Å².